The number of anilines is 1. The van der Waals surface area contributed by atoms with Crippen LogP contribution in [0.25, 0.3) is 0 Å². The molecule has 18 heavy (non-hydrogen) atoms. The van der Waals surface area contributed by atoms with Crippen LogP contribution in [0.5, 0.6) is 5.75 Å². The van der Waals surface area contributed by atoms with E-state index >= 15 is 0 Å². The Bertz CT molecular complexity index is 567. The quantitative estimate of drug-likeness (QED) is 0.719. The Morgan fingerprint density at radius 2 is 1.94 bits per heavy atom. The molecule has 2 aromatic rings. The van der Waals surface area contributed by atoms with E-state index in [1.54, 1.807) is 18.2 Å². The highest BCUT2D eigenvalue weighted by Crippen LogP contribution is 2.12. The molecule has 0 aliphatic carbocycles. The number of carbonyl (C=O) groups is 1. The van der Waals surface area contributed by atoms with E-state index in [0.29, 0.717) is 17.8 Å². The topological polar surface area (TPSA) is 75.3 Å². The molecule has 2 aromatic carbocycles. The molecule has 0 unspecified atom stereocenters. The lowest BCUT2D eigenvalue weighted by molar-refractivity contribution is 0.0950. The van der Waals surface area contributed by atoms with Crippen LogP contribution in [0.1, 0.15) is 15.9 Å². The van der Waals surface area contributed by atoms with Crippen LogP contribution in [0.4, 0.5) is 5.69 Å². The second-order valence-electron chi connectivity index (χ2n) is 3.93. The van der Waals surface area contributed by atoms with Gasteiger partial charge in [0.2, 0.25) is 0 Å². The summed E-state index contributed by atoms with van der Waals surface area (Å²) in [5.74, 6) is -0.170. The Hall–Kier alpha value is -2.49. The predicted molar refractivity (Wildman–Crippen MR) is 70.1 cm³/mol. The molecule has 92 valence electrons. The second-order valence-corrected chi connectivity index (χ2v) is 3.93. The number of nitrogens with two attached hydrogens (primary N) is 1. The molecule has 0 saturated carbocycles. The molecule has 1 amide bonds. The minimum absolute atomic E-state index is 0.0712. The highest BCUT2D eigenvalue weighted by molar-refractivity contribution is 5.94. The van der Waals surface area contributed by atoms with Gasteiger partial charge >= 0.3 is 0 Å². The normalized spacial score (nSPS) is 10.0. The number of benzene rings is 2. The Kier molecular flexibility index (Phi) is 3.48. The van der Waals surface area contributed by atoms with Crippen molar-refractivity contribution < 1.29 is 9.90 Å². The minimum Gasteiger partial charge on any atom is -0.508 e. The van der Waals surface area contributed by atoms with Gasteiger partial charge in [0, 0.05) is 17.8 Å². The monoisotopic (exact) mass is 242 g/mol. The third kappa shape index (κ3) is 2.79. The summed E-state index contributed by atoms with van der Waals surface area (Å²) >= 11 is 0. The van der Waals surface area contributed by atoms with E-state index in [0.717, 1.165) is 5.56 Å². The zero-order valence-corrected chi connectivity index (χ0v) is 9.76. The highest BCUT2D eigenvalue weighted by atomic mass is 16.3. The van der Waals surface area contributed by atoms with Gasteiger partial charge in [0.05, 0.1) is 0 Å². The molecule has 0 heterocycles. The average Bonchev–Trinajstić information content (AvgIpc) is 2.37. The number of amides is 1. The van der Waals surface area contributed by atoms with Crippen molar-refractivity contribution in [3.8, 4) is 5.75 Å². The number of hydrogen-bond acceptors (Lipinski definition) is 3. The highest BCUT2D eigenvalue weighted by Gasteiger charge is 2.06. The van der Waals surface area contributed by atoms with Gasteiger partial charge in [-0.3, -0.25) is 4.79 Å². The smallest absolute Gasteiger partial charge is 0.251 e. The number of phenolic OH excluding ortho intramolecular Hbond substituents is 1. The second kappa shape index (κ2) is 5.23. The zero-order chi connectivity index (χ0) is 13.0. The van der Waals surface area contributed by atoms with Gasteiger partial charge in [-0.15, -0.1) is 0 Å². The summed E-state index contributed by atoms with van der Waals surface area (Å²) < 4.78 is 0. The molecule has 0 atom stereocenters. The number of hydrogen-bond donors (Lipinski definition) is 3. The van der Waals surface area contributed by atoms with Crippen molar-refractivity contribution in [3.05, 3.63) is 59.7 Å². The Morgan fingerprint density at radius 1 is 1.17 bits per heavy atom. The van der Waals surface area contributed by atoms with E-state index in [9.17, 15) is 9.90 Å². The van der Waals surface area contributed by atoms with Crippen LogP contribution >= 0.6 is 0 Å². The van der Waals surface area contributed by atoms with Gasteiger partial charge in [-0.2, -0.15) is 0 Å². The molecule has 4 nitrogen and oxygen atoms in total. The van der Waals surface area contributed by atoms with E-state index in [2.05, 4.69) is 5.32 Å². The van der Waals surface area contributed by atoms with Crippen molar-refractivity contribution in [2.45, 2.75) is 6.54 Å². The molecule has 0 fully saturated rings. The van der Waals surface area contributed by atoms with Gasteiger partial charge in [0.1, 0.15) is 5.75 Å². The summed E-state index contributed by atoms with van der Waals surface area (Å²) in [7, 11) is 0. The average molecular weight is 242 g/mol. The maximum Gasteiger partial charge on any atom is 0.251 e. The van der Waals surface area contributed by atoms with Crippen LogP contribution in [-0.2, 0) is 6.54 Å². The molecule has 0 bridgehead atoms. The van der Waals surface area contributed by atoms with Crippen LogP contribution in [0, 0.1) is 0 Å². The Labute approximate surface area is 105 Å². The fraction of sp³-hybridized carbons (Fsp3) is 0.0714. The maximum atomic E-state index is 11.8. The Balaban J connectivity index is 2.03. The summed E-state index contributed by atoms with van der Waals surface area (Å²) in [5, 5.41) is 12.0. The van der Waals surface area contributed by atoms with Crippen molar-refractivity contribution >= 4 is 11.6 Å². The van der Waals surface area contributed by atoms with E-state index in [1.807, 2.05) is 18.2 Å². The van der Waals surface area contributed by atoms with Crippen molar-refractivity contribution in [2.75, 3.05) is 5.73 Å². The van der Waals surface area contributed by atoms with Crippen molar-refractivity contribution in [3.63, 3.8) is 0 Å². The lowest BCUT2D eigenvalue weighted by Crippen LogP contribution is -2.23. The summed E-state index contributed by atoms with van der Waals surface area (Å²) in [6.07, 6.45) is 0. The zero-order valence-electron chi connectivity index (χ0n) is 9.76. The molecule has 0 aromatic heterocycles. The van der Waals surface area contributed by atoms with Gasteiger partial charge < -0.3 is 16.2 Å². The molecular weight excluding hydrogens is 228 g/mol. The number of carbonyl (C=O) groups excluding carboxylic acids is 1. The first-order valence-electron chi connectivity index (χ1n) is 5.57. The van der Waals surface area contributed by atoms with Gasteiger partial charge in [-0.1, -0.05) is 24.3 Å². The molecule has 4 N–H and O–H groups in total. The first-order chi connectivity index (χ1) is 8.66. The third-order valence-electron chi connectivity index (χ3n) is 2.60. The number of phenols is 1. The number of nitrogen functional groups attached to an aromatic ring is 1. The molecule has 2 rings (SSSR count). The van der Waals surface area contributed by atoms with Crippen molar-refractivity contribution in [1.82, 2.24) is 5.32 Å². The molecule has 0 radical (unpaired) electrons. The van der Waals surface area contributed by atoms with Gasteiger partial charge in [-0.05, 0) is 29.8 Å². The summed E-state index contributed by atoms with van der Waals surface area (Å²) in [5.41, 5.74) is 7.71. The first-order valence-corrected chi connectivity index (χ1v) is 5.57. The lowest BCUT2D eigenvalue weighted by atomic mass is 10.1. The number of aromatic hydroxyl groups is 1. The van der Waals surface area contributed by atoms with Crippen LogP contribution in [0.2, 0.25) is 0 Å². The third-order valence-corrected chi connectivity index (χ3v) is 2.60. The van der Waals surface area contributed by atoms with Crippen molar-refractivity contribution in [1.29, 1.82) is 0 Å². The molecule has 0 spiro atoms. The first kappa shape index (κ1) is 12.0. The van der Waals surface area contributed by atoms with Gasteiger partial charge in [0.15, 0.2) is 0 Å². The van der Waals surface area contributed by atoms with Crippen LogP contribution < -0.4 is 11.1 Å². The summed E-state index contributed by atoms with van der Waals surface area (Å²) in [6.45, 7) is 0.362. The minimum atomic E-state index is -0.242. The molecule has 0 aliphatic rings. The molecule has 0 saturated heterocycles. The molecule has 4 heteroatoms. The van der Waals surface area contributed by atoms with Gasteiger partial charge in [-0.25, -0.2) is 0 Å². The number of rotatable bonds is 3. The maximum absolute atomic E-state index is 11.8. The lowest BCUT2D eigenvalue weighted by Gasteiger charge is -2.07. The fourth-order valence-electron chi connectivity index (χ4n) is 1.62. The van der Waals surface area contributed by atoms with Crippen LogP contribution in [0.3, 0.4) is 0 Å². The van der Waals surface area contributed by atoms with Gasteiger partial charge in [0.25, 0.3) is 5.91 Å². The predicted octanol–water partition coefficient (Wildman–Crippen LogP) is 1.90. The standard InChI is InChI=1S/C14H14N2O2/c15-13-7-2-1-4-11(13)9-16-14(18)10-5-3-6-12(17)8-10/h1-8,17H,9,15H2,(H,16,18). The Morgan fingerprint density at radius 3 is 2.67 bits per heavy atom. The van der Waals surface area contributed by atoms with E-state index in [-0.39, 0.29) is 11.7 Å². The number of nitrogens with one attached hydrogen (secondary N) is 1. The molecular formula is C14H14N2O2. The fourth-order valence-corrected chi connectivity index (χ4v) is 1.62. The number of para-hydroxylation sites is 1. The molecule has 0 aliphatic heterocycles. The SMILES string of the molecule is Nc1ccccc1CNC(=O)c1cccc(O)c1. The largest absolute Gasteiger partial charge is 0.508 e. The van der Waals surface area contributed by atoms with E-state index in [1.165, 1.54) is 12.1 Å². The van der Waals surface area contributed by atoms with E-state index < -0.39 is 0 Å². The van der Waals surface area contributed by atoms with Crippen LogP contribution in [0.15, 0.2) is 48.5 Å². The summed E-state index contributed by atoms with van der Waals surface area (Å²) in [4.78, 5) is 11.8. The summed E-state index contributed by atoms with van der Waals surface area (Å²) in [6, 6.07) is 13.6. The van der Waals surface area contributed by atoms with E-state index in [4.69, 9.17) is 5.73 Å². The van der Waals surface area contributed by atoms with Crippen LogP contribution in [-0.4, -0.2) is 11.0 Å². The van der Waals surface area contributed by atoms with Crippen molar-refractivity contribution in [2.24, 2.45) is 0 Å².